The van der Waals surface area contributed by atoms with Crippen LogP contribution in [0.5, 0.6) is 0 Å². The van der Waals surface area contributed by atoms with Crippen LogP contribution in [0, 0.1) is 0 Å². The molecular formula is C10H11KO3S. The van der Waals surface area contributed by atoms with Crippen molar-refractivity contribution in [3.63, 3.8) is 0 Å². The van der Waals surface area contributed by atoms with Crippen molar-refractivity contribution < 1.29 is 64.4 Å². The van der Waals surface area contributed by atoms with Crippen LogP contribution in [-0.2, 0) is 16.5 Å². The summed E-state index contributed by atoms with van der Waals surface area (Å²) in [6.07, 6.45) is 0.414. The average Bonchev–Trinajstić information content (AvgIpc) is 2.01. The molecular weight excluding hydrogens is 239 g/mol. The molecule has 0 radical (unpaired) electrons. The summed E-state index contributed by atoms with van der Waals surface area (Å²) in [7, 11) is -4.37. The zero-order chi connectivity index (χ0) is 10.8. The molecule has 1 rings (SSSR count). The van der Waals surface area contributed by atoms with Gasteiger partial charge in [0.2, 0.25) is 0 Å². The Balaban J connectivity index is 0.00000196. The van der Waals surface area contributed by atoms with Gasteiger partial charge in [0.1, 0.15) is 10.1 Å². The SMILES string of the molecule is C=C(C)Cc1ccccc1S(=O)(=O)[O-].[K+]. The molecule has 0 bridgehead atoms. The molecule has 1 aromatic carbocycles. The van der Waals surface area contributed by atoms with Crippen LogP contribution in [0.4, 0.5) is 0 Å². The standard InChI is InChI=1S/C10H12O3S.K/c1-8(2)7-9-5-3-4-6-10(9)14(11,12)13;/h3-6H,1,7H2,2H3,(H,11,12,13);/q;+1/p-1. The van der Waals surface area contributed by atoms with Gasteiger partial charge in [0.25, 0.3) is 0 Å². The second-order valence-corrected chi connectivity index (χ2v) is 4.54. The van der Waals surface area contributed by atoms with Gasteiger partial charge in [0.05, 0.1) is 4.90 Å². The smallest absolute Gasteiger partial charge is 0.744 e. The molecule has 0 N–H and O–H groups in total. The van der Waals surface area contributed by atoms with E-state index in [1.165, 1.54) is 12.1 Å². The van der Waals surface area contributed by atoms with Crippen LogP contribution in [0.1, 0.15) is 12.5 Å². The predicted octanol–water partition coefficient (Wildman–Crippen LogP) is -1.29. The Morgan fingerprint density at radius 2 is 1.93 bits per heavy atom. The molecule has 15 heavy (non-hydrogen) atoms. The Morgan fingerprint density at radius 1 is 1.40 bits per heavy atom. The summed E-state index contributed by atoms with van der Waals surface area (Å²) in [5.41, 5.74) is 1.33. The van der Waals surface area contributed by atoms with Crippen molar-refractivity contribution in [3.8, 4) is 0 Å². The van der Waals surface area contributed by atoms with E-state index in [4.69, 9.17) is 0 Å². The molecule has 0 amide bonds. The fourth-order valence-corrected chi connectivity index (χ4v) is 1.93. The van der Waals surface area contributed by atoms with Gasteiger partial charge >= 0.3 is 51.4 Å². The van der Waals surface area contributed by atoms with Crippen molar-refractivity contribution in [2.24, 2.45) is 0 Å². The van der Waals surface area contributed by atoms with Gasteiger partial charge in [-0.25, -0.2) is 8.42 Å². The molecule has 5 heteroatoms. The minimum absolute atomic E-state index is 0. The fourth-order valence-electron chi connectivity index (χ4n) is 1.22. The van der Waals surface area contributed by atoms with E-state index in [2.05, 4.69) is 6.58 Å². The Morgan fingerprint density at radius 3 is 2.40 bits per heavy atom. The second-order valence-electron chi connectivity index (χ2n) is 3.20. The first-order valence-corrected chi connectivity index (χ1v) is 5.50. The van der Waals surface area contributed by atoms with E-state index in [0.29, 0.717) is 12.0 Å². The van der Waals surface area contributed by atoms with E-state index in [-0.39, 0.29) is 56.3 Å². The van der Waals surface area contributed by atoms with Crippen LogP contribution in [-0.4, -0.2) is 13.0 Å². The second kappa shape index (κ2) is 6.29. The molecule has 0 heterocycles. The normalized spacial score (nSPS) is 10.5. The van der Waals surface area contributed by atoms with Gasteiger partial charge in [-0.15, -0.1) is 0 Å². The number of benzene rings is 1. The molecule has 1 aromatic rings. The molecule has 0 saturated carbocycles. The minimum Gasteiger partial charge on any atom is -0.744 e. The van der Waals surface area contributed by atoms with E-state index in [1.54, 1.807) is 19.1 Å². The predicted molar refractivity (Wildman–Crippen MR) is 52.9 cm³/mol. The van der Waals surface area contributed by atoms with E-state index in [0.717, 1.165) is 5.57 Å². The monoisotopic (exact) mass is 250 g/mol. The minimum atomic E-state index is -4.37. The zero-order valence-electron chi connectivity index (χ0n) is 8.86. The summed E-state index contributed by atoms with van der Waals surface area (Å²) in [5, 5.41) is 0. The third-order valence-electron chi connectivity index (χ3n) is 1.73. The van der Waals surface area contributed by atoms with Crippen molar-refractivity contribution in [2.75, 3.05) is 0 Å². The fraction of sp³-hybridized carbons (Fsp3) is 0.200. The molecule has 0 unspecified atom stereocenters. The van der Waals surface area contributed by atoms with Crippen molar-refractivity contribution in [3.05, 3.63) is 42.0 Å². The molecule has 0 aliphatic rings. The van der Waals surface area contributed by atoms with Crippen molar-refractivity contribution >= 4 is 10.1 Å². The summed E-state index contributed by atoms with van der Waals surface area (Å²) in [4.78, 5) is -0.150. The maximum absolute atomic E-state index is 10.8. The summed E-state index contributed by atoms with van der Waals surface area (Å²) in [6.45, 7) is 5.46. The number of hydrogen-bond acceptors (Lipinski definition) is 3. The topological polar surface area (TPSA) is 57.2 Å². The molecule has 0 fully saturated rings. The van der Waals surface area contributed by atoms with Crippen LogP contribution in [0.2, 0.25) is 0 Å². The molecule has 0 spiro atoms. The molecule has 0 aliphatic carbocycles. The van der Waals surface area contributed by atoms with E-state index in [9.17, 15) is 13.0 Å². The molecule has 76 valence electrons. The molecule has 0 atom stereocenters. The molecule has 0 aliphatic heterocycles. The summed E-state index contributed by atoms with van der Waals surface area (Å²) in [5.74, 6) is 0. The van der Waals surface area contributed by atoms with Gasteiger partial charge in [0, 0.05) is 0 Å². The van der Waals surface area contributed by atoms with Gasteiger partial charge in [-0.3, -0.25) is 0 Å². The van der Waals surface area contributed by atoms with Crippen molar-refractivity contribution in [2.45, 2.75) is 18.2 Å². The molecule has 3 nitrogen and oxygen atoms in total. The quantitative estimate of drug-likeness (QED) is 0.381. The Labute approximate surface area is 133 Å². The first kappa shape index (κ1) is 15.5. The van der Waals surface area contributed by atoms with Crippen LogP contribution in [0.25, 0.3) is 0 Å². The number of hydrogen-bond donors (Lipinski definition) is 0. The average molecular weight is 250 g/mol. The summed E-state index contributed by atoms with van der Waals surface area (Å²) in [6, 6.07) is 6.18. The number of rotatable bonds is 3. The number of allylic oxidation sites excluding steroid dienone is 1. The van der Waals surface area contributed by atoms with Crippen LogP contribution in [0.3, 0.4) is 0 Å². The molecule has 0 aromatic heterocycles. The largest absolute Gasteiger partial charge is 1.00 e. The van der Waals surface area contributed by atoms with Crippen LogP contribution >= 0.6 is 0 Å². The first-order chi connectivity index (χ1) is 6.41. The summed E-state index contributed by atoms with van der Waals surface area (Å²) >= 11 is 0. The van der Waals surface area contributed by atoms with Crippen LogP contribution in [0.15, 0.2) is 41.3 Å². The van der Waals surface area contributed by atoms with Crippen molar-refractivity contribution in [1.82, 2.24) is 0 Å². The Hall–Kier alpha value is 0.506. The Kier molecular flexibility index (Phi) is 6.51. The maximum atomic E-state index is 10.8. The van der Waals surface area contributed by atoms with Crippen LogP contribution < -0.4 is 51.4 Å². The van der Waals surface area contributed by atoms with E-state index < -0.39 is 10.1 Å². The van der Waals surface area contributed by atoms with Crippen molar-refractivity contribution in [1.29, 1.82) is 0 Å². The van der Waals surface area contributed by atoms with Gasteiger partial charge in [-0.05, 0) is 25.0 Å². The third-order valence-corrected chi connectivity index (χ3v) is 2.67. The van der Waals surface area contributed by atoms with Gasteiger partial charge in [0.15, 0.2) is 0 Å². The van der Waals surface area contributed by atoms with E-state index in [1.807, 2.05) is 0 Å². The maximum Gasteiger partial charge on any atom is 1.00 e. The Bertz CT molecular complexity index is 451. The first-order valence-electron chi connectivity index (χ1n) is 4.09. The third kappa shape index (κ3) is 4.91. The van der Waals surface area contributed by atoms with E-state index >= 15 is 0 Å². The van der Waals surface area contributed by atoms with Gasteiger partial charge in [-0.1, -0.05) is 30.4 Å². The summed E-state index contributed by atoms with van der Waals surface area (Å²) < 4.78 is 32.5. The van der Waals surface area contributed by atoms with Gasteiger partial charge in [-0.2, -0.15) is 0 Å². The molecule has 0 saturated heterocycles. The van der Waals surface area contributed by atoms with Gasteiger partial charge < -0.3 is 4.55 Å². The zero-order valence-corrected chi connectivity index (χ0v) is 12.8.